The van der Waals surface area contributed by atoms with Gasteiger partial charge in [-0.25, -0.2) is 0 Å². The lowest BCUT2D eigenvalue weighted by Crippen LogP contribution is -2.56. The van der Waals surface area contributed by atoms with E-state index in [-0.39, 0.29) is 0 Å². The molecule has 16 heavy (non-hydrogen) atoms. The molecule has 0 saturated carbocycles. The largest absolute Gasteiger partial charge is 0.389 e. The molecular formula is C12H21NO2S. The van der Waals surface area contributed by atoms with Crippen LogP contribution < -0.4 is 5.32 Å². The van der Waals surface area contributed by atoms with Gasteiger partial charge in [0.25, 0.3) is 0 Å². The first-order valence-corrected chi connectivity index (χ1v) is 6.31. The summed E-state index contributed by atoms with van der Waals surface area (Å²) in [5.41, 5.74) is -1.27. The van der Waals surface area contributed by atoms with Crippen LogP contribution in [0.25, 0.3) is 0 Å². The van der Waals surface area contributed by atoms with Crippen LogP contribution in [0.5, 0.6) is 0 Å². The fraction of sp³-hybridized carbons (Fsp3) is 0.667. The topological polar surface area (TPSA) is 52.5 Å². The predicted molar refractivity (Wildman–Crippen MR) is 67.7 cm³/mol. The van der Waals surface area contributed by atoms with E-state index in [0.29, 0.717) is 6.54 Å². The maximum absolute atomic E-state index is 9.95. The van der Waals surface area contributed by atoms with Crippen molar-refractivity contribution >= 4 is 11.3 Å². The molecule has 0 aromatic carbocycles. The van der Waals surface area contributed by atoms with Crippen molar-refractivity contribution in [2.45, 2.75) is 44.9 Å². The van der Waals surface area contributed by atoms with E-state index in [0.717, 1.165) is 4.88 Å². The lowest BCUT2D eigenvalue weighted by molar-refractivity contribution is -0.00962. The first kappa shape index (κ1) is 13.6. The van der Waals surface area contributed by atoms with Crippen molar-refractivity contribution in [2.24, 2.45) is 0 Å². The molecule has 3 nitrogen and oxygen atoms in total. The van der Waals surface area contributed by atoms with Crippen LogP contribution in [-0.4, -0.2) is 27.9 Å². The second-order valence-electron chi connectivity index (χ2n) is 5.10. The molecule has 0 amide bonds. The van der Waals surface area contributed by atoms with E-state index in [9.17, 15) is 10.2 Å². The van der Waals surface area contributed by atoms with Crippen molar-refractivity contribution < 1.29 is 10.2 Å². The zero-order valence-corrected chi connectivity index (χ0v) is 11.1. The average Bonchev–Trinajstić information content (AvgIpc) is 2.65. The van der Waals surface area contributed by atoms with Crippen LogP contribution >= 0.6 is 11.3 Å². The van der Waals surface area contributed by atoms with Crippen LogP contribution in [0.2, 0.25) is 0 Å². The number of thiophene rings is 1. The Morgan fingerprint density at radius 1 is 1.38 bits per heavy atom. The molecule has 1 atom stereocenters. The Morgan fingerprint density at radius 3 is 2.44 bits per heavy atom. The molecule has 1 aromatic heterocycles. The minimum atomic E-state index is -0.831. The number of aliphatic hydroxyl groups excluding tert-OH is 1. The molecule has 0 aliphatic rings. The first-order chi connectivity index (χ1) is 7.24. The number of aliphatic hydroxyl groups is 2. The van der Waals surface area contributed by atoms with Gasteiger partial charge in [0.1, 0.15) is 6.10 Å². The lowest BCUT2D eigenvalue weighted by atomic mass is 9.86. The highest BCUT2D eigenvalue weighted by molar-refractivity contribution is 7.10. The van der Waals surface area contributed by atoms with Crippen LogP contribution in [0.1, 0.15) is 38.7 Å². The highest BCUT2D eigenvalue weighted by Gasteiger charge is 2.34. The van der Waals surface area contributed by atoms with Crippen LogP contribution in [0.15, 0.2) is 17.5 Å². The maximum atomic E-state index is 9.95. The van der Waals surface area contributed by atoms with Crippen molar-refractivity contribution in [1.82, 2.24) is 5.32 Å². The molecule has 0 saturated heterocycles. The van der Waals surface area contributed by atoms with E-state index >= 15 is 0 Å². The summed E-state index contributed by atoms with van der Waals surface area (Å²) < 4.78 is 0. The van der Waals surface area contributed by atoms with Crippen molar-refractivity contribution in [1.29, 1.82) is 0 Å². The summed E-state index contributed by atoms with van der Waals surface area (Å²) in [6.45, 7) is 7.81. The molecule has 4 heteroatoms. The van der Waals surface area contributed by atoms with Gasteiger partial charge in [0.05, 0.1) is 5.60 Å². The summed E-state index contributed by atoms with van der Waals surface area (Å²) in [6.07, 6.45) is -0.512. The average molecular weight is 243 g/mol. The molecule has 3 N–H and O–H groups in total. The molecule has 0 aliphatic carbocycles. The molecular weight excluding hydrogens is 222 g/mol. The van der Waals surface area contributed by atoms with Gasteiger partial charge in [0.15, 0.2) is 0 Å². The quantitative estimate of drug-likeness (QED) is 0.740. The van der Waals surface area contributed by atoms with Gasteiger partial charge in [-0.2, -0.15) is 0 Å². The van der Waals surface area contributed by atoms with E-state index in [1.54, 1.807) is 13.8 Å². The summed E-state index contributed by atoms with van der Waals surface area (Å²) in [6, 6.07) is 3.83. The monoisotopic (exact) mass is 243 g/mol. The third kappa shape index (κ3) is 3.28. The predicted octanol–water partition coefficient (Wildman–Crippen LogP) is 1.92. The minimum absolute atomic E-state index is 0.439. The van der Waals surface area contributed by atoms with Crippen molar-refractivity contribution in [3.05, 3.63) is 22.4 Å². The summed E-state index contributed by atoms with van der Waals surface area (Å²) >= 11 is 1.54. The van der Waals surface area contributed by atoms with Gasteiger partial charge in [-0.3, -0.25) is 0 Å². The van der Waals surface area contributed by atoms with Crippen molar-refractivity contribution in [3.63, 3.8) is 0 Å². The third-order valence-corrected chi connectivity index (χ3v) is 4.11. The Balaban J connectivity index is 2.52. The first-order valence-electron chi connectivity index (χ1n) is 5.43. The van der Waals surface area contributed by atoms with E-state index in [1.165, 1.54) is 11.3 Å². The highest BCUT2D eigenvalue weighted by atomic mass is 32.1. The molecule has 92 valence electrons. The van der Waals surface area contributed by atoms with E-state index in [2.05, 4.69) is 5.32 Å². The molecule has 1 heterocycles. The second-order valence-corrected chi connectivity index (χ2v) is 6.08. The number of nitrogens with one attached hydrogen (secondary N) is 1. The van der Waals surface area contributed by atoms with Gasteiger partial charge >= 0.3 is 0 Å². The molecule has 1 unspecified atom stereocenters. The fourth-order valence-corrected chi connectivity index (χ4v) is 1.86. The fourth-order valence-electron chi connectivity index (χ4n) is 1.15. The molecule has 0 fully saturated rings. The molecule has 0 aliphatic heterocycles. The van der Waals surface area contributed by atoms with E-state index < -0.39 is 17.2 Å². The van der Waals surface area contributed by atoms with Crippen LogP contribution in [0.3, 0.4) is 0 Å². The lowest BCUT2D eigenvalue weighted by Gasteiger charge is -2.38. The molecule has 0 radical (unpaired) electrons. The van der Waals surface area contributed by atoms with Gasteiger partial charge in [0.2, 0.25) is 0 Å². The summed E-state index contributed by atoms with van der Waals surface area (Å²) in [5, 5.41) is 25.0. The maximum Gasteiger partial charge on any atom is 0.101 e. The Hall–Kier alpha value is -0.420. The van der Waals surface area contributed by atoms with Crippen molar-refractivity contribution in [3.8, 4) is 0 Å². The number of β-amino-alcohol motifs (C(OH)–C–C–N with tert-alkyl or cyclic N) is 1. The Bertz CT molecular complexity index is 314. The molecule has 0 bridgehead atoms. The zero-order valence-electron chi connectivity index (χ0n) is 10.3. The van der Waals surface area contributed by atoms with Crippen LogP contribution in [0.4, 0.5) is 0 Å². The zero-order chi connectivity index (χ0) is 12.4. The smallest absolute Gasteiger partial charge is 0.101 e. The van der Waals surface area contributed by atoms with Crippen LogP contribution in [0, 0.1) is 0 Å². The highest BCUT2D eigenvalue weighted by Crippen LogP contribution is 2.23. The van der Waals surface area contributed by atoms with Gasteiger partial charge in [0, 0.05) is 17.0 Å². The summed E-state index contributed by atoms with van der Waals surface area (Å²) in [5.74, 6) is 0. The van der Waals surface area contributed by atoms with Gasteiger partial charge in [-0.15, -0.1) is 11.3 Å². The summed E-state index contributed by atoms with van der Waals surface area (Å²) in [7, 11) is 0. The minimum Gasteiger partial charge on any atom is -0.389 e. The Kier molecular flexibility index (Phi) is 4.12. The second kappa shape index (κ2) is 4.84. The summed E-state index contributed by atoms with van der Waals surface area (Å²) in [4.78, 5) is 0.944. The Labute approximate surface area is 101 Å². The normalized spacial score (nSPS) is 15.1. The van der Waals surface area contributed by atoms with Gasteiger partial charge in [-0.05, 0) is 39.1 Å². The Morgan fingerprint density at radius 2 is 2.00 bits per heavy atom. The van der Waals surface area contributed by atoms with Crippen LogP contribution in [-0.2, 0) is 0 Å². The number of rotatable bonds is 5. The SMILES string of the molecule is CC(C)(O)C(C)(C)NCC(O)c1cccs1. The number of hydrogen-bond donors (Lipinski definition) is 3. The molecule has 0 spiro atoms. The third-order valence-electron chi connectivity index (χ3n) is 3.14. The van der Waals surface area contributed by atoms with E-state index in [1.807, 2.05) is 31.4 Å². The number of hydrogen-bond acceptors (Lipinski definition) is 4. The van der Waals surface area contributed by atoms with Gasteiger partial charge < -0.3 is 15.5 Å². The standard InChI is InChI=1S/C12H21NO2S/c1-11(2,12(3,4)15)13-8-9(14)10-6-5-7-16-10/h5-7,9,13-15H,8H2,1-4H3. The molecule has 1 aromatic rings. The van der Waals surface area contributed by atoms with E-state index in [4.69, 9.17) is 0 Å². The van der Waals surface area contributed by atoms with Crippen molar-refractivity contribution in [2.75, 3.05) is 6.54 Å². The molecule has 1 rings (SSSR count). The van der Waals surface area contributed by atoms with Gasteiger partial charge in [-0.1, -0.05) is 6.07 Å².